The molecule has 2 aliphatic rings. The van der Waals surface area contributed by atoms with Crippen molar-refractivity contribution in [2.24, 2.45) is 5.41 Å². The van der Waals surface area contributed by atoms with E-state index < -0.39 is 10.0 Å². The van der Waals surface area contributed by atoms with Gasteiger partial charge in [0, 0.05) is 23.5 Å². The molecule has 1 saturated heterocycles. The van der Waals surface area contributed by atoms with E-state index in [2.05, 4.69) is 0 Å². The first-order valence-corrected chi connectivity index (χ1v) is 9.61. The van der Waals surface area contributed by atoms with Crippen LogP contribution in [0.25, 0.3) is 0 Å². The molecule has 3 rings (SSSR count). The van der Waals surface area contributed by atoms with Crippen molar-refractivity contribution in [2.45, 2.75) is 50.0 Å². The summed E-state index contributed by atoms with van der Waals surface area (Å²) in [5.74, 6) is 0. The zero-order chi connectivity index (χ0) is 16.0. The molecule has 1 aliphatic carbocycles. The third-order valence-corrected chi connectivity index (χ3v) is 7.46. The zero-order valence-electron chi connectivity index (χ0n) is 12.8. The van der Waals surface area contributed by atoms with Crippen LogP contribution >= 0.6 is 11.6 Å². The van der Waals surface area contributed by atoms with Crippen LogP contribution in [0.15, 0.2) is 23.1 Å². The molecule has 4 nitrogen and oxygen atoms in total. The largest absolute Gasteiger partial charge is 0.392 e. The molecule has 1 aliphatic heterocycles. The highest BCUT2D eigenvalue weighted by atomic mass is 35.5. The second-order valence-corrected chi connectivity index (χ2v) is 8.97. The molecule has 1 saturated carbocycles. The number of hydrogen-bond donors (Lipinski definition) is 1. The van der Waals surface area contributed by atoms with Gasteiger partial charge in [0.1, 0.15) is 0 Å². The molecule has 6 heteroatoms. The van der Waals surface area contributed by atoms with Crippen molar-refractivity contribution in [2.75, 3.05) is 13.1 Å². The summed E-state index contributed by atoms with van der Waals surface area (Å²) in [6, 6.07) is 4.88. The minimum absolute atomic E-state index is 0.243. The van der Waals surface area contributed by atoms with Crippen LogP contribution in [0, 0.1) is 12.3 Å². The maximum Gasteiger partial charge on any atom is 0.243 e. The highest BCUT2D eigenvalue weighted by Crippen LogP contribution is 2.46. The maximum atomic E-state index is 12.9. The van der Waals surface area contributed by atoms with Crippen molar-refractivity contribution >= 4 is 21.6 Å². The van der Waals surface area contributed by atoms with Crippen LogP contribution in [0.3, 0.4) is 0 Å². The van der Waals surface area contributed by atoms with E-state index in [1.165, 1.54) is 10.4 Å². The summed E-state index contributed by atoms with van der Waals surface area (Å²) < 4.78 is 27.3. The molecule has 1 heterocycles. The van der Waals surface area contributed by atoms with E-state index in [1.807, 2.05) is 6.92 Å². The Kier molecular flexibility index (Phi) is 4.27. The fourth-order valence-electron chi connectivity index (χ4n) is 3.80. The summed E-state index contributed by atoms with van der Waals surface area (Å²) in [5, 5.41) is 10.8. The molecule has 0 amide bonds. The molecule has 0 bridgehead atoms. The average molecular weight is 344 g/mol. The Morgan fingerprint density at radius 2 is 2.05 bits per heavy atom. The van der Waals surface area contributed by atoms with E-state index in [1.54, 1.807) is 12.1 Å². The average Bonchev–Trinajstić information content (AvgIpc) is 2.82. The monoisotopic (exact) mass is 343 g/mol. The normalized spacial score (nSPS) is 30.0. The van der Waals surface area contributed by atoms with E-state index in [9.17, 15) is 13.5 Å². The Morgan fingerprint density at radius 3 is 2.68 bits per heavy atom. The summed E-state index contributed by atoms with van der Waals surface area (Å²) in [5.41, 5.74) is 0.613. The number of sulfonamides is 1. The number of aryl methyl sites for hydroxylation is 1. The van der Waals surface area contributed by atoms with Crippen LogP contribution in [-0.4, -0.2) is 37.0 Å². The van der Waals surface area contributed by atoms with Crippen molar-refractivity contribution in [1.82, 2.24) is 4.31 Å². The van der Waals surface area contributed by atoms with Gasteiger partial charge in [0.05, 0.1) is 11.0 Å². The number of benzene rings is 1. The first-order valence-electron chi connectivity index (χ1n) is 7.80. The van der Waals surface area contributed by atoms with Gasteiger partial charge < -0.3 is 5.11 Å². The van der Waals surface area contributed by atoms with E-state index in [-0.39, 0.29) is 16.4 Å². The van der Waals surface area contributed by atoms with Crippen molar-refractivity contribution in [3.05, 3.63) is 28.8 Å². The maximum absolute atomic E-state index is 12.9. The molecule has 1 N–H and O–H groups in total. The molecular weight excluding hydrogens is 322 g/mol. The molecule has 2 fully saturated rings. The van der Waals surface area contributed by atoms with Crippen LogP contribution in [-0.2, 0) is 10.0 Å². The van der Waals surface area contributed by atoms with Crippen LogP contribution in [0.2, 0.25) is 5.02 Å². The fourth-order valence-corrected chi connectivity index (χ4v) is 5.65. The van der Waals surface area contributed by atoms with Gasteiger partial charge in [0.15, 0.2) is 0 Å². The molecule has 0 aromatic heterocycles. The molecule has 0 radical (unpaired) electrons. The quantitative estimate of drug-likeness (QED) is 0.898. The molecule has 1 spiro atoms. The second-order valence-electron chi connectivity index (χ2n) is 6.62. The van der Waals surface area contributed by atoms with Crippen LogP contribution in [0.4, 0.5) is 0 Å². The highest BCUT2D eigenvalue weighted by molar-refractivity contribution is 7.89. The molecule has 122 valence electrons. The lowest BCUT2D eigenvalue weighted by molar-refractivity contribution is 0.0127. The molecule has 0 unspecified atom stereocenters. The van der Waals surface area contributed by atoms with Gasteiger partial charge in [0.2, 0.25) is 10.0 Å². The molecule has 1 aromatic carbocycles. The minimum Gasteiger partial charge on any atom is -0.392 e. The Hall–Kier alpha value is -0.620. The third kappa shape index (κ3) is 2.68. The number of hydrogen-bond acceptors (Lipinski definition) is 3. The Bertz CT molecular complexity index is 676. The fraction of sp³-hybridized carbons (Fsp3) is 0.625. The van der Waals surface area contributed by atoms with Crippen LogP contribution in [0.5, 0.6) is 0 Å². The van der Waals surface area contributed by atoms with Gasteiger partial charge >= 0.3 is 0 Å². The summed E-state index contributed by atoms with van der Waals surface area (Å²) in [6.07, 6.45) is 4.00. The molecule has 1 aromatic rings. The first kappa shape index (κ1) is 16.2. The van der Waals surface area contributed by atoms with E-state index in [0.717, 1.165) is 37.7 Å². The van der Waals surface area contributed by atoms with Crippen molar-refractivity contribution in [3.63, 3.8) is 0 Å². The summed E-state index contributed by atoms with van der Waals surface area (Å²) >= 11 is 6.08. The Morgan fingerprint density at radius 1 is 1.32 bits per heavy atom. The third-order valence-electron chi connectivity index (χ3n) is 5.21. The highest BCUT2D eigenvalue weighted by Gasteiger charge is 2.47. The van der Waals surface area contributed by atoms with Gasteiger partial charge in [-0.15, -0.1) is 0 Å². The number of halogens is 1. The van der Waals surface area contributed by atoms with Crippen molar-refractivity contribution < 1.29 is 13.5 Å². The van der Waals surface area contributed by atoms with Gasteiger partial charge in [-0.3, -0.25) is 0 Å². The van der Waals surface area contributed by atoms with Gasteiger partial charge in [0.25, 0.3) is 0 Å². The SMILES string of the molecule is Cc1ccc(S(=O)(=O)N2CCC[C@]3(CCC[C@H]3O)C2)cc1Cl. The number of nitrogens with zero attached hydrogens (tertiary/aromatic N) is 1. The van der Waals surface area contributed by atoms with E-state index >= 15 is 0 Å². The predicted molar refractivity (Wildman–Crippen MR) is 86.5 cm³/mol. The topological polar surface area (TPSA) is 57.6 Å². The zero-order valence-corrected chi connectivity index (χ0v) is 14.3. The minimum atomic E-state index is -3.55. The lowest BCUT2D eigenvalue weighted by atomic mass is 9.77. The summed E-state index contributed by atoms with van der Waals surface area (Å²) in [4.78, 5) is 0.243. The predicted octanol–water partition coefficient (Wildman–Crippen LogP) is 2.96. The Balaban J connectivity index is 1.90. The second kappa shape index (κ2) is 5.78. The van der Waals surface area contributed by atoms with E-state index in [0.29, 0.717) is 18.1 Å². The van der Waals surface area contributed by atoms with Crippen molar-refractivity contribution in [1.29, 1.82) is 0 Å². The number of piperidine rings is 1. The van der Waals surface area contributed by atoms with Crippen molar-refractivity contribution in [3.8, 4) is 0 Å². The van der Waals surface area contributed by atoms with Gasteiger partial charge in [-0.25, -0.2) is 8.42 Å². The summed E-state index contributed by atoms with van der Waals surface area (Å²) in [6.45, 7) is 2.79. The van der Waals surface area contributed by atoms with E-state index in [4.69, 9.17) is 11.6 Å². The first-order chi connectivity index (χ1) is 10.3. The van der Waals surface area contributed by atoms with Crippen LogP contribution in [0.1, 0.15) is 37.7 Å². The van der Waals surface area contributed by atoms with Gasteiger partial charge in [-0.1, -0.05) is 24.1 Å². The number of aliphatic hydroxyl groups excluding tert-OH is 1. The number of aliphatic hydroxyl groups is 1. The lowest BCUT2D eigenvalue weighted by Crippen LogP contribution is -2.49. The standard InChI is InChI=1S/C16H22ClNO3S/c1-12-5-6-13(10-14(12)17)22(20,21)18-9-3-8-16(11-18)7-2-4-15(16)19/h5-6,10,15,19H,2-4,7-9,11H2,1H3/t15-,16-/m1/s1. The lowest BCUT2D eigenvalue weighted by Gasteiger charge is -2.41. The Labute approximate surface area is 137 Å². The van der Waals surface area contributed by atoms with Gasteiger partial charge in [-0.2, -0.15) is 4.31 Å². The summed E-state index contributed by atoms with van der Waals surface area (Å²) in [7, 11) is -3.55. The molecule has 2 atom stereocenters. The van der Waals surface area contributed by atoms with Gasteiger partial charge in [-0.05, 0) is 50.3 Å². The molecular formula is C16H22ClNO3S. The number of rotatable bonds is 2. The van der Waals surface area contributed by atoms with Crippen LogP contribution < -0.4 is 0 Å². The smallest absolute Gasteiger partial charge is 0.243 e. The molecule has 22 heavy (non-hydrogen) atoms.